The van der Waals surface area contributed by atoms with Gasteiger partial charge in [-0.05, 0) is 6.42 Å². The van der Waals surface area contributed by atoms with Crippen molar-refractivity contribution in [2.75, 3.05) is 0 Å². The smallest absolute Gasteiger partial charge is 0.207 e. The minimum absolute atomic E-state index is 0.414. The highest BCUT2D eigenvalue weighted by atomic mass is 19.2. The van der Waals surface area contributed by atoms with Crippen LogP contribution in [0.2, 0.25) is 0 Å². The van der Waals surface area contributed by atoms with Crippen LogP contribution in [0.15, 0.2) is 0 Å². The van der Waals surface area contributed by atoms with Crippen LogP contribution in [0.25, 0.3) is 0 Å². The lowest BCUT2D eigenvalue weighted by Gasteiger charge is -2.35. The molecule has 1 aromatic rings. The Morgan fingerprint density at radius 3 is 1.62 bits per heavy atom. The highest BCUT2D eigenvalue weighted by Crippen LogP contribution is 2.34. The van der Waals surface area contributed by atoms with Gasteiger partial charge in [0.15, 0.2) is 5.75 Å². The number of hydrogen-bond acceptors (Lipinski definition) is 2. The Hall–Kier alpha value is -1.37. The monoisotopic (exact) mass is 311 g/mol. The van der Waals surface area contributed by atoms with Crippen LogP contribution >= 0.6 is 0 Å². The second-order valence-electron chi connectivity index (χ2n) is 5.88. The van der Waals surface area contributed by atoms with Crippen LogP contribution in [-0.2, 0) is 0 Å². The highest BCUT2D eigenvalue weighted by Gasteiger charge is 2.35. The summed E-state index contributed by atoms with van der Waals surface area (Å²) in [4.78, 5) is 0. The molecule has 0 saturated carbocycles. The lowest BCUT2D eigenvalue weighted by Crippen LogP contribution is -2.47. The van der Waals surface area contributed by atoms with E-state index in [1.807, 2.05) is 0 Å². The molecule has 21 heavy (non-hydrogen) atoms. The van der Waals surface area contributed by atoms with E-state index in [0.717, 1.165) is 0 Å². The fraction of sp³-hybridized carbons (Fsp3) is 0.571. The third-order valence-corrected chi connectivity index (χ3v) is 3.13. The number of hydrogen-bond donors (Lipinski definition) is 1. The Balaban J connectivity index is 3.34. The van der Waals surface area contributed by atoms with Gasteiger partial charge >= 0.3 is 0 Å². The van der Waals surface area contributed by atoms with Crippen molar-refractivity contribution in [3.8, 4) is 5.75 Å². The fourth-order valence-corrected chi connectivity index (χ4v) is 1.94. The molecule has 7 heteroatoms. The molecule has 0 aliphatic heterocycles. The molecule has 2 atom stereocenters. The Kier molecular flexibility index (Phi) is 5.20. The van der Waals surface area contributed by atoms with Crippen molar-refractivity contribution in [3.05, 3.63) is 29.1 Å². The first-order chi connectivity index (χ1) is 9.52. The van der Waals surface area contributed by atoms with Crippen LogP contribution in [0.3, 0.4) is 0 Å². The summed E-state index contributed by atoms with van der Waals surface area (Å²) in [7, 11) is 0. The molecular formula is C14H18F5NO. The minimum Gasteiger partial charge on any atom is -0.482 e. The van der Waals surface area contributed by atoms with E-state index in [2.05, 4.69) is 0 Å². The summed E-state index contributed by atoms with van der Waals surface area (Å²) in [6.07, 6.45) is -0.507. The minimum atomic E-state index is -2.22. The third kappa shape index (κ3) is 3.45. The SMILES string of the molecule is CCC(N)C(Oc1c(F)c(F)c(F)c(F)c1F)C(C)(C)C. The maximum atomic E-state index is 13.6. The summed E-state index contributed by atoms with van der Waals surface area (Å²) < 4.78 is 71.7. The Labute approximate surface area is 120 Å². The number of benzene rings is 1. The molecule has 0 aliphatic carbocycles. The molecule has 2 unspecified atom stereocenters. The molecule has 1 rings (SSSR count). The molecule has 0 aliphatic rings. The zero-order valence-electron chi connectivity index (χ0n) is 12.2. The van der Waals surface area contributed by atoms with E-state index < -0.39 is 52.4 Å². The van der Waals surface area contributed by atoms with Gasteiger partial charge in [-0.1, -0.05) is 27.7 Å². The Morgan fingerprint density at radius 1 is 0.905 bits per heavy atom. The highest BCUT2D eigenvalue weighted by molar-refractivity contribution is 5.30. The van der Waals surface area contributed by atoms with Crippen molar-refractivity contribution in [1.29, 1.82) is 0 Å². The van der Waals surface area contributed by atoms with E-state index in [-0.39, 0.29) is 0 Å². The van der Waals surface area contributed by atoms with Crippen molar-refractivity contribution in [1.82, 2.24) is 0 Å². The quantitative estimate of drug-likeness (QED) is 0.520. The van der Waals surface area contributed by atoms with Gasteiger partial charge in [-0.15, -0.1) is 0 Å². The van der Waals surface area contributed by atoms with Crippen LogP contribution in [0, 0.1) is 34.5 Å². The Bertz CT molecular complexity index is 498. The second kappa shape index (κ2) is 6.17. The average Bonchev–Trinajstić information content (AvgIpc) is 2.41. The second-order valence-corrected chi connectivity index (χ2v) is 5.88. The maximum Gasteiger partial charge on any atom is 0.207 e. The first-order valence-corrected chi connectivity index (χ1v) is 6.46. The molecule has 0 amide bonds. The summed E-state index contributed by atoms with van der Waals surface area (Å²) in [5, 5.41) is 0. The molecule has 0 heterocycles. The number of ether oxygens (including phenoxy) is 1. The zero-order chi connectivity index (χ0) is 16.5. The van der Waals surface area contributed by atoms with Gasteiger partial charge in [0.1, 0.15) is 6.10 Å². The van der Waals surface area contributed by atoms with Crippen LogP contribution in [-0.4, -0.2) is 12.1 Å². The molecule has 0 bridgehead atoms. The number of rotatable bonds is 4. The van der Waals surface area contributed by atoms with E-state index >= 15 is 0 Å². The van der Waals surface area contributed by atoms with Crippen LogP contribution in [0.5, 0.6) is 5.75 Å². The molecule has 0 fully saturated rings. The predicted octanol–water partition coefficient (Wildman–Crippen LogP) is 3.91. The summed E-state index contributed by atoms with van der Waals surface area (Å²) in [5.74, 6) is -11.6. The predicted molar refractivity (Wildman–Crippen MR) is 68.4 cm³/mol. The Morgan fingerprint density at radius 2 is 1.29 bits per heavy atom. The van der Waals surface area contributed by atoms with Crippen LogP contribution in [0.4, 0.5) is 22.0 Å². The lowest BCUT2D eigenvalue weighted by molar-refractivity contribution is 0.0526. The van der Waals surface area contributed by atoms with Gasteiger partial charge in [-0.25, -0.2) is 13.2 Å². The zero-order valence-corrected chi connectivity index (χ0v) is 12.2. The van der Waals surface area contributed by atoms with E-state index in [1.54, 1.807) is 27.7 Å². The van der Waals surface area contributed by atoms with Gasteiger partial charge in [0.2, 0.25) is 29.1 Å². The molecule has 2 nitrogen and oxygen atoms in total. The summed E-state index contributed by atoms with van der Waals surface area (Å²) in [6, 6.07) is -0.625. The van der Waals surface area contributed by atoms with Crippen LogP contribution < -0.4 is 10.5 Å². The molecule has 0 spiro atoms. The largest absolute Gasteiger partial charge is 0.482 e. The van der Waals surface area contributed by atoms with Gasteiger partial charge in [-0.2, -0.15) is 8.78 Å². The maximum absolute atomic E-state index is 13.6. The number of halogens is 5. The average molecular weight is 311 g/mol. The standard InChI is InChI=1S/C14H18F5NO/c1-5-6(20)13(14(2,3)4)21-12-10(18)8(16)7(15)9(17)11(12)19/h6,13H,5,20H2,1-4H3. The first kappa shape index (κ1) is 17.7. The van der Waals surface area contributed by atoms with E-state index in [4.69, 9.17) is 10.5 Å². The summed E-state index contributed by atoms with van der Waals surface area (Å²) in [6.45, 7) is 6.81. The van der Waals surface area contributed by atoms with E-state index in [1.165, 1.54) is 0 Å². The van der Waals surface area contributed by atoms with Crippen molar-refractivity contribution in [2.45, 2.75) is 46.3 Å². The molecular weight excluding hydrogens is 293 g/mol. The molecule has 0 radical (unpaired) electrons. The molecule has 0 aromatic heterocycles. The van der Waals surface area contributed by atoms with Crippen molar-refractivity contribution in [3.63, 3.8) is 0 Å². The molecule has 1 aromatic carbocycles. The van der Waals surface area contributed by atoms with Gasteiger partial charge in [0.25, 0.3) is 0 Å². The number of nitrogens with two attached hydrogens (primary N) is 1. The summed E-state index contributed by atoms with van der Waals surface area (Å²) >= 11 is 0. The van der Waals surface area contributed by atoms with Gasteiger partial charge < -0.3 is 10.5 Å². The molecule has 0 saturated heterocycles. The van der Waals surface area contributed by atoms with Crippen molar-refractivity contribution in [2.24, 2.45) is 11.1 Å². The van der Waals surface area contributed by atoms with E-state index in [9.17, 15) is 22.0 Å². The van der Waals surface area contributed by atoms with Gasteiger partial charge in [0.05, 0.1) is 0 Å². The topological polar surface area (TPSA) is 35.2 Å². The van der Waals surface area contributed by atoms with Gasteiger partial charge in [0, 0.05) is 11.5 Å². The van der Waals surface area contributed by atoms with Gasteiger partial charge in [-0.3, -0.25) is 0 Å². The lowest BCUT2D eigenvalue weighted by atomic mass is 9.84. The van der Waals surface area contributed by atoms with Crippen molar-refractivity contribution >= 4 is 0 Å². The summed E-state index contributed by atoms with van der Waals surface area (Å²) in [5.41, 5.74) is 5.17. The van der Waals surface area contributed by atoms with Crippen LogP contribution in [0.1, 0.15) is 34.1 Å². The van der Waals surface area contributed by atoms with E-state index in [0.29, 0.717) is 6.42 Å². The molecule has 120 valence electrons. The molecule has 2 N–H and O–H groups in total. The third-order valence-electron chi connectivity index (χ3n) is 3.13. The first-order valence-electron chi connectivity index (χ1n) is 6.46. The van der Waals surface area contributed by atoms with Crippen molar-refractivity contribution < 1.29 is 26.7 Å². The fourth-order valence-electron chi connectivity index (χ4n) is 1.94. The normalized spacial score (nSPS) is 15.0.